The van der Waals surface area contributed by atoms with E-state index in [4.69, 9.17) is 5.73 Å². The minimum atomic E-state index is -0.138. The number of thiazole rings is 1. The third kappa shape index (κ3) is 3.91. The van der Waals surface area contributed by atoms with E-state index in [1.807, 2.05) is 36.4 Å². The number of nitrogens with zero attached hydrogens (tertiary/aromatic N) is 1. The van der Waals surface area contributed by atoms with Crippen molar-refractivity contribution in [3.8, 4) is 16.3 Å². The average Bonchev–Trinajstić information content (AvgIpc) is 3.07. The first-order valence-electron chi connectivity index (χ1n) is 7.49. The molecule has 0 fully saturated rings. The van der Waals surface area contributed by atoms with Gasteiger partial charge in [0, 0.05) is 17.8 Å². The molecular weight excluding hydrogens is 322 g/mol. The lowest BCUT2D eigenvalue weighted by Crippen LogP contribution is -2.24. The number of benzene rings is 2. The summed E-state index contributed by atoms with van der Waals surface area (Å²) in [6.07, 6.45) is 2.28. The number of aromatic nitrogens is 1. The summed E-state index contributed by atoms with van der Waals surface area (Å²) >= 11 is 1.34. The number of hydrogen-bond donors (Lipinski definition) is 3. The van der Waals surface area contributed by atoms with Crippen LogP contribution in [-0.2, 0) is 6.42 Å². The Bertz CT molecular complexity index is 843. The molecule has 0 radical (unpaired) electrons. The quantitative estimate of drug-likeness (QED) is 0.623. The molecule has 24 heavy (non-hydrogen) atoms. The Labute approximate surface area is 143 Å². The Morgan fingerprint density at radius 3 is 2.75 bits per heavy atom. The number of carbonyl (C=O) groups is 1. The molecule has 122 valence electrons. The molecule has 3 aromatic rings. The van der Waals surface area contributed by atoms with E-state index in [0.717, 1.165) is 16.1 Å². The van der Waals surface area contributed by atoms with E-state index >= 15 is 0 Å². The van der Waals surface area contributed by atoms with Gasteiger partial charge in [0.15, 0.2) is 0 Å². The lowest BCUT2D eigenvalue weighted by Gasteiger charge is -2.04. The van der Waals surface area contributed by atoms with Gasteiger partial charge >= 0.3 is 0 Å². The van der Waals surface area contributed by atoms with Crippen LogP contribution in [0.4, 0.5) is 5.69 Å². The number of nitrogens with two attached hydrogens (primary N) is 1. The molecule has 5 nitrogen and oxygen atoms in total. The first-order chi connectivity index (χ1) is 11.6. The van der Waals surface area contributed by atoms with E-state index in [2.05, 4.69) is 10.3 Å². The number of hydrogen-bond acceptors (Lipinski definition) is 5. The summed E-state index contributed by atoms with van der Waals surface area (Å²) < 4.78 is 0. The van der Waals surface area contributed by atoms with Gasteiger partial charge < -0.3 is 16.2 Å². The van der Waals surface area contributed by atoms with Crippen LogP contribution in [0.2, 0.25) is 0 Å². The van der Waals surface area contributed by atoms with Gasteiger partial charge in [0.25, 0.3) is 5.91 Å². The number of carbonyl (C=O) groups excluding carboxylic acids is 1. The van der Waals surface area contributed by atoms with Crippen molar-refractivity contribution in [3.63, 3.8) is 0 Å². The number of nitrogens with one attached hydrogen (secondary N) is 1. The van der Waals surface area contributed by atoms with E-state index in [-0.39, 0.29) is 11.7 Å². The number of rotatable bonds is 5. The highest BCUT2D eigenvalue weighted by Gasteiger charge is 2.11. The van der Waals surface area contributed by atoms with Gasteiger partial charge in [-0.25, -0.2) is 4.98 Å². The van der Waals surface area contributed by atoms with Crippen molar-refractivity contribution in [2.45, 2.75) is 6.42 Å². The van der Waals surface area contributed by atoms with Crippen LogP contribution in [0.3, 0.4) is 0 Å². The van der Waals surface area contributed by atoms with Crippen LogP contribution in [0.25, 0.3) is 10.6 Å². The third-order valence-corrected chi connectivity index (χ3v) is 4.54. The smallest absolute Gasteiger partial charge is 0.263 e. The second kappa shape index (κ2) is 7.14. The zero-order chi connectivity index (χ0) is 16.9. The highest BCUT2D eigenvalue weighted by Crippen LogP contribution is 2.26. The first kappa shape index (κ1) is 16.0. The Kier molecular flexibility index (Phi) is 4.77. The summed E-state index contributed by atoms with van der Waals surface area (Å²) in [4.78, 5) is 17.1. The predicted octanol–water partition coefficient (Wildman–Crippen LogP) is 3.07. The molecule has 0 bridgehead atoms. The molecule has 0 unspecified atom stereocenters. The van der Waals surface area contributed by atoms with E-state index in [1.54, 1.807) is 18.3 Å². The third-order valence-electron chi connectivity index (χ3n) is 3.50. The molecular formula is C18H17N3O2S. The average molecular weight is 339 g/mol. The van der Waals surface area contributed by atoms with Crippen LogP contribution >= 0.6 is 11.3 Å². The van der Waals surface area contributed by atoms with Crippen molar-refractivity contribution in [3.05, 3.63) is 65.2 Å². The van der Waals surface area contributed by atoms with Gasteiger partial charge in [-0.05, 0) is 36.2 Å². The van der Waals surface area contributed by atoms with Crippen molar-refractivity contribution >= 4 is 22.9 Å². The maximum atomic E-state index is 12.2. The van der Waals surface area contributed by atoms with Crippen LogP contribution in [0.15, 0.2) is 54.7 Å². The molecule has 0 saturated heterocycles. The molecule has 0 spiro atoms. The molecule has 0 saturated carbocycles. The summed E-state index contributed by atoms with van der Waals surface area (Å²) in [5.41, 5.74) is 8.40. The van der Waals surface area contributed by atoms with E-state index in [1.165, 1.54) is 11.3 Å². The molecule has 0 aliphatic carbocycles. The van der Waals surface area contributed by atoms with Crippen LogP contribution in [0.5, 0.6) is 5.75 Å². The van der Waals surface area contributed by atoms with Crippen molar-refractivity contribution in [2.75, 3.05) is 12.3 Å². The first-order valence-corrected chi connectivity index (χ1v) is 8.31. The molecule has 1 amide bonds. The number of amides is 1. The minimum absolute atomic E-state index is 0.138. The van der Waals surface area contributed by atoms with Gasteiger partial charge in [0.05, 0.1) is 6.20 Å². The zero-order valence-corrected chi connectivity index (χ0v) is 13.7. The van der Waals surface area contributed by atoms with E-state index in [9.17, 15) is 9.90 Å². The largest absolute Gasteiger partial charge is 0.508 e. The van der Waals surface area contributed by atoms with Crippen LogP contribution in [0, 0.1) is 0 Å². The predicted molar refractivity (Wildman–Crippen MR) is 96.1 cm³/mol. The minimum Gasteiger partial charge on any atom is -0.508 e. The molecule has 3 rings (SSSR count). The van der Waals surface area contributed by atoms with Gasteiger partial charge in [0.2, 0.25) is 0 Å². The molecule has 6 heteroatoms. The second-order valence-corrected chi connectivity index (χ2v) is 6.36. The van der Waals surface area contributed by atoms with Crippen molar-refractivity contribution < 1.29 is 9.90 Å². The maximum absolute atomic E-state index is 12.2. The molecule has 4 N–H and O–H groups in total. The van der Waals surface area contributed by atoms with E-state index < -0.39 is 0 Å². The van der Waals surface area contributed by atoms with Gasteiger partial charge in [-0.2, -0.15) is 0 Å². The number of anilines is 1. The van der Waals surface area contributed by atoms with Gasteiger partial charge in [0.1, 0.15) is 15.6 Å². The topological polar surface area (TPSA) is 88.2 Å². The number of aromatic hydroxyl groups is 1. The van der Waals surface area contributed by atoms with Gasteiger partial charge in [-0.1, -0.05) is 24.3 Å². The summed E-state index contributed by atoms with van der Waals surface area (Å²) in [5, 5.41) is 12.9. The summed E-state index contributed by atoms with van der Waals surface area (Å²) in [7, 11) is 0. The zero-order valence-electron chi connectivity index (χ0n) is 12.9. The molecule has 0 aliphatic heterocycles. The number of nitrogen functional groups attached to an aromatic ring is 1. The maximum Gasteiger partial charge on any atom is 0.263 e. The highest BCUT2D eigenvalue weighted by molar-refractivity contribution is 7.16. The van der Waals surface area contributed by atoms with Crippen LogP contribution in [-0.4, -0.2) is 22.5 Å². The number of phenolic OH excluding ortho intramolecular Hbond substituents is 1. The van der Waals surface area contributed by atoms with Gasteiger partial charge in [-0.15, -0.1) is 11.3 Å². The molecule has 1 heterocycles. The number of phenols is 1. The molecule has 0 aliphatic rings. The fraction of sp³-hybridized carbons (Fsp3) is 0.111. The lowest BCUT2D eigenvalue weighted by molar-refractivity contribution is 0.0958. The summed E-state index contributed by atoms with van der Waals surface area (Å²) in [5.74, 6) is 0.1000. The Balaban J connectivity index is 1.58. The highest BCUT2D eigenvalue weighted by atomic mass is 32.1. The van der Waals surface area contributed by atoms with Crippen LogP contribution < -0.4 is 11.1 Å². The van der Waals surface area contributed by atoms with Crippen LogP contribution in [0.1, 0.15) is 15.2 Å². The fourth-order valence-corrected chi connectivity index (χ4v) is 3.08. The Morgan fingerprint density at radius 1 is 1.21 bits per heavy atom. The molecule has 2 aromatic carbocycles. The van der Waals surface area contributed by atoms with Gasteiger partial charge in [-0.3, -0.25) is 4.79 Å². The monoisotopic (exact) mass is 339 g/mol. The van der Waals surface area contributed by atoms with Crippen molar-refractivity contribution in [1.29, 1.82) is 0 Å². The van der Waals surface area contributed by atoms with Crippen molar-refractivity contribution in [1.82, 2.24) is 10.3 Å². The SMILES string of the molecule is Nc1cccc(-c2ncc(C(=O)NCCc3ccc(O)cc3)s2)c1. The Morgan fingerprint density at radius 2 is 2.00 bits per heavy atom. The van der Waals surface area contributed by atoms with Crippen molar-refractivity contribution in [2.24, 2.45) is 0 Å². The normalized spacial score (nSPS) is 10.5. The molecule has 1 aromatic heterocycles. The lowest BCUT2D eigenvalue weighted by atomic mass is 10.1. The second-order valence-electron chi connectivity index (χ2n) is 5.33. The summed E-state index contributed by atoms with van der Waals surface area (Å²) in [6, 6.07) is 14.4. The Hall–Kier alpha value is -2.86. The molecule has 0 atom stereocenters. The van der Waals surface area contributed by atoms with E-state index in [0.29, 0.717) is 23.5 Å². The fourth-order valence-electron chi connectivity index (χ4n) is 2.25. The summed E-state index contributed by atoms with van der Waals surface area (Å²) in [6.45, 7) is 0.523. The standard InChI is InChI=1S/C18H17N3O2S/c19-14-3-1-2-13(10-14)18-21-11-16(24-18)17(23)20-9-8-12-4-6-15(22)7-5-12/h1-7,10-11,22H,8-9,19H2,(H,20,23).